The first-order valence-electron chi connectivity index (χ1n) is 5.71. The van der Waals surface area contributed by atoms with Crippen LogP contribution < -0.4 is 10.7 Å². The molecule has 4 nitrogen and oxygen atoms in total. The number of aromatic hydroxyl groups is 1. The van der Waals surface area contributed by atoms with Crippen molar-refractivity contribution in [3.63, 3.8) is 0 Å². The fourth-order valence-electron chi connectivity index (χ4n) is 1.20. The van der Waals surface area contributed by atoms with E-state index >= 15 is 0 Å². The molecule has 0 aromatic heterocycles. The van der Waals surface area contributed by atoms with Crippen molar-refractivity contribution in [2.45, 2.75) is 26.3 Å². The van der Waals surface area contributed by atoms with Crippen molar-refractivity contribution in [1.29, 1.82) is 0 Å². The molecular formula is C12H15Cl2N3OS. The van der Waals surface area contributed by atoms with Crippen LogP contribution in [0.25, 0.3) is 0 Å². The predicted molar refractivity (Wildman–Crippen MR) is 84.3 cm³/mol. The topological polar surface area (TPSA) is 56.7 Å². The molecule has 0 aliphatic heterocycles. The molecule has 1 aromatic carbocycles. The van der Waals surface area contributed by atoms with Crippen molar-refractivity contribution in [2.24, 2.45) is 5.10 Å². The molecule has 0 radical (unpaired) electrons. The van der Waals surface area contributed by atoms with E-state index in [9.17, 15) is 5.11 Å². The second kappa shape index (κ2) is 7.53. The number of rotatable bonds is 4. The number of phenols is 1. The molecule has 0 fully saturated rings. The first-order valence-corrected chi connectivity index (χ1v) is 6.88. The molecule has 0 aliphatic carbocycles. The number of hydrazone groups is 1. The summed E-state index contributed by atoms with van der Waals surface area (Å²) in [5.74, 6) is -0.0718. The summed E-state index contributed by atoms with van der Waals surface area (Å²) < 4.78 is 0. The van der Waals surface area contributed by atoms with Gasteiger partial charge in [-0.25, -0.2) is 0 Å². The van der Waals surface area contributed by atoms with Crippen LogP contribution in [0.2, 0.25) is 10.0 Å². The first-order chi connectivity index (χ1) is 8.93. The van der Waals surface area contributed by atoms with Gasteiger partial charge in [-0.15, -0.1) is 0 Å². The summed E-state index contributed by atoms with van der Waals surface area (Å²) in [6.07, 6.45) is 2.36. The van der Waals surface area contributed by atoms with Crippen molar-refractivity contribution in [1.82, 2.24) is 10.7 Å². The molecule has 3 N–H and O–H groups in total. The zero-order valence-corrected chi connectivity index (χ0v) is 12.9. The van der Waals surface area contributed by atoms with E-state index in [-0.39, 0.29) is 16.8 Å². The Bertz CT molecular complexity index is 494. The average Bonchev–Trinajstić information content (AvgIpc) is 2.34. The predicted octanol–water partition coefficient (Wildman–Crippen LogP) is 3.30. The van der Waals surface area contributed by atoms with Gasteiger partial charge in [0.05, 0.1) is 11.2 Å². The van der Waals surface area contributed by atoms with Crippen molar-refractivity contribution < 1.29 is 5.11 Å². The summed E-state index contributed by atoms with van der Waals surface area (Å²) in [5, 5.41) is 17.7. The standard InChI is InChI=1S/C12H15Cl2N3OS/c1-3-7(2)16-12(19)17-15-6-8-4-9(13)5-10(14)11(8)18/h4-7,18H,3H2,1-2H3,(H2,16,17,19)/b15-6+. The minimum absolute atomic E-state index is 0.0718. The molecule has 19 heavy (non-hydrogen) atoms. The third kappa shape index (κ3) is 5.22. The Kier molecular flexibility index (Phi) is 6.34. The Morgan fingerprint density at radius 2 is 2.21 bits per heavy atom. The molecule has 1 aromatic rings. The van der Waals surface area contributed by atoms with Gasteiger partial charge in [-0.3, -0.25) is 5.43 Å². The van der Waals surface area contributed by atoms with Crippen molar-refractivity contribution in [2.75, 3.05) is 0 Å². The molecule has 7 heteroatoms. The SMILES string of the molecule is CCC(C)NC(=S)N/N=C/c1cc(Cl)cc(Cl)c1O. The van der Waals surface area contributed by atoms with E-state index in [2.05, 4.69) is 22.8 Å². The van der Waals surface area contributed by atoms with Gasteiger partial charge in [0, 0.05) is 16.6 Å². The maximum atomic E-state index is 9.71. The van der Waals surface area contributed by atoms with E-state index in [0.717, 1.165) is 6.42 Å². The van der Waals surface area contributed by atoms with Crippen LogP contribution in [-0.4, -0.2) is 22.5 Å². The average molecular weight is 320 g/mol. The molecule has 0 heterocycles. The molecule has 0 bridgehead atoms. The highest BCUT2D eigenvalue weighted by Gasteiger charge is 2.06. The number of halogens is 2. The highest BCUT2D eigenvalue weighted by atomic mass is 35.5. The lowest BCUT2D eigenvalue weighted by molar-refractivity contribution is 0.474. The van der Waals surface area contributed by atoms with Gasteiger partial charge in [0.1, 0.15) is 5.75 Å². The van der Waals surface area contributed by atoms with Gasteiger partial charge in [0.2, 0.25) is 0 Å². The number of nitrogens with zero attached hydrogens (tertiary/aromatic N) is 1. The number of hydrogen-bond donors (Lipinski definition) is 3. The minimum Gasteiger partial charge on any atom is -0.506 e. The quantitative estimate of drug-likeness (QED) is 0.453. The number of thiocarbonyl (C=S) groups is 1. The smallest absolute Gasteiger partial charge is 0.187 e. The van der Waals surface area contributed by atoms with E-state index in [1.165, 1.54) is 12.3 Å². The molecule has 0 spiro atoms. The van der Waals surface area contributed by atoms with Gasteiger partial charge >= 0.3 is 0 Å². The van der Waals surface area contributed by atoms with Crippen LogP contribution in [0.4, 0.5) is 0 Å². The third-order valence-electron chi connectivity index (χ3n) is 2.42. The van der Waals surface area contributed by atoms with Crippen molar-refractivity contribution in [3.05, 3.63) is 27.7 Å². The number of benzene rings is 1. The van der Waals surface area contributed by atoms with Crippen LogP contribution in [0.1, 0.15) is 25.8 Å². The molecular weight excluding hydrogens is 305 g/mol. The fraction of sp³-hybridized carbons (Fsp3) is 0.333. The Balaban J connectivity index is 2.65. The van der Waals surface area contributed by atoms with E-state index in [0.29, 0.717) is 15.7 Å². The van der Waals surface area contributed by atoms with Crippen LogP contribution in [0.3, 0.4) is 0 Å². The minimum atomic E-state index is -0.0718. The molecule has 0 saturated heterocycles. The van der Waals surface area contributed by atoms with Crippen LogP contribution >= 0.6 is 35.4 Å². The van der Waals surface area contributed by atoms with Crippen LogP contribution in [0.5, 0.6) is 5.75 Å². The summed E-state index contributed by atoms with van der Waals surface area (Å²) in [6.45, 7) is 4.07. The highest BCUT2D eigenvalue weighted by Crippen LogP contribution is 2.29. The third-order valence-corrected chi connectivity index (χ3v) is 3.13. The van der Waals surface area contributed by atoms with Gasteiger partial charge < -0.3 is 10.4 Å². The second-order valence-electron chi connectivity index (χ2n) is 3.98. The molecule has 104 valence electrons. The van der Waals surface area contributed by atoms with E-state index in [4.69, 9.17) is 35.4 Å². The number of nitrogens with one attached hydrogen (secondary N) is 2. The molecule has 0 amide bonds. The Morgan fingerprint density at radius 1 is 1.53 bits per heavy atom. The molecule has 1 atom stereocenters. The van der Waals surface area contributed by atoms with Crippen molar-refractivity contribution in [3.8, 4) is 5.75 Å². The highest BCUT2D eigenvalue weighted by molar-refractivity contribution is 7.80. The normalized spacial score (nSPS) is 12.4. The largest absolute Gasteiger partial charge is 0.506 e. The maximum Gasteiger partial charge on any atom is 0.187 e. The summed E-state index contributed by atoms with van der Waals surface area (Å²) in [6, 6.07) is 3.28. The molecule has 1 unspecified atom stereocenters. The zero-order valence-electron chi connectivity index (χ0n) is 10.6. The lowest BCUT2D eigenvalue weighted by Gasteiger charge is -2.12. The van der Waals surface area contributed by atoms with Gasteiger partial charge in [-0.05, 0) is 37.7 Å². The number of hydrogen-bond acceptors (Lipinski definition) is 3. The summed E-state index contributed by atoms with van der Waals surface area (Å²) in [4.78, 5) is 0. The lowest BCUT2D eigenvalue weighted by atomic mass is 10.2. The summed E-state index contributed by atoms with van der Waals surface area (Å²) >= 11 is 16.7. The molecule has 1 rings (SSSR count). The van der Waals surface area contributed by atoms with Crippen LogP contribution in [-0.2, 0) is 0 Å². The Morgan fingerprint density at radius 3 is 2.84 bits per heavy atom. The fourth-order valence-corrected chi connectivity index (χ4v) is 1.97. The second-order valence-corrected chi connectivity index (χ2v) is 5.23. The summed E-state index contributed by atoms with van der Waals surface area (Å²) in [5.41, 5.74) is 3.07. The monoisotopic (exact) mass is 319 g/mol. The number of phenolic OH excluding ortho intramolecular Hbond substituents is 1. The van der Waals surface area contributed by atoms with Gasteiger partial charge in [0.15, 0.2) is 5.11 Å². The van der Waals surface area contributed by atoms with Gasteiger partial charge in [0.25, 0.3) is 0 Å². The lowest BCUT2D eigenvalue weighted by Crippen LogP contribution is -2.37. The Labute approximate surface area is 127 Å². The molecule has 0 saturated carbocycles. The van der Waals surface area contributed by atoms with Crippen molar-refractivity contribution >= 4 is 46.7 Å². The Hall–Kier alpha value is -1.04. The first kappa shape index (κ1) is 16.0. The van der Waals surface area contributed by atoms with Crippen LogP contribution in [0.15, 0.2) is 17.2 Å². The van der Waals surface area contributed by atoms with Crippen LogP contribution in [0, 0.1) is 0 Å². The van der Waals surface area contributed by atoms with Gasteiger partial charge in [-0.1, -0.05) is 30.1 Å². The zero-order chi connectivity index (χ0) is 14.4. The van der Waals surface area contributed by atoms with E-state index in [1.54, 1.807) is 6.07 Å². The maximum absolute atomic E-state index is 9.71. The summed E-state index contributed by atoms with van der Waals surface area (Å²) in [7, 11) is 0. The van der Waals surface area contributed by atoms with Gasteiger partial charge in [-0.2, -0.15) is 5.10 Å². The van der Waals surface area contributed by atoms with E-state index < -0.39 is 0 Å². The molecule has 0 aliphatic rings. The van der Waals surface area contributed by atoms with E-state index in [1.807, 2.05) is 6.92 Å².